The number of hydrogen-bond acceptors (Lipinski definition) is 4. The molecule has 4 rings (SSSR count). The zero-order chi connectivity index (χ0) is 17.4. The Labute approximate surface area is 148 Å². The summed E-state index contributed by atoms with van der Waals surface area (Å²) in [6, 6.07) is 9.34. The van der Waals surface area contributed by atoms with Crippen LogP contribution in [-0.2, 0) is 12.8 Å². The molecule has 1 aromatic carbocycles. The summed E-state index contributed by atoms with van der Waals surface area (Å²) in [6.45, 7) is 7.23. The van der Waals surface area contributed by atoms with Crippen molar-refractivity contribution in [1.29, 1.82) is 0 Å². The van der Waals surface area contributed by atoms with Crippen LogP contribution in [-0.4, -0.2) is 53.1 Å². The second-order valence-corrected chi connectivity index (χ2v) is 7.21. The van der Waals surface area contributed by atoms with Crippen LogP contribution in [0.4, 0.5) is 0 Å². The van der Waals surface area contributed by atoms with Gasteiger partial charge in [0.2, 0.25) is 0 Å². The fourth-order valence-corrected chi connectivity index (χ4v) is 4.25. The smallest absolute Gasteiger partial charge is 0.259 e. The van der Waals surface area contributed by atoms with Crippen LogP contribution in [0, 0.1) is 13.8 Å². The Balaban J connectivity index is 1.42. The van der Waals surface area contributed by atoms with Gasteiger partial charge in [-0.3, -0.25) is 9.69 Å². The third kappa shape index (κ3) is 3.09. The summed E-state index contributed by atoms with van der Waals surface area (Å²) >= 11 is 0. The topological polar surface area (TPSA) is 49.6 Å². The lowest BCUT2D eigenvalue weighted by molar-refractivity contribution is 0.0756. The number of carbonyl (C=O) groups is 1. The van der Waals surface area contributed by atoms with Crippen LogP contribution in [0.3, 0.4) is 0 Å². The molecule has 1 aliphatic carbocycles. The van der Waals surface area contributed by atoms with Crippen LogP contribution < -0.4 is 0 Å². The molecule has 0 atom stereocenters. The van der Waals surface area contributed by atoms with Gasteiger partial charge in [0.25, 0.3) is 5.91 Å². The van der Waals surface area contributed by atoms with Crippen LogP contribution >= 0.6 is 0 Å². The maximum absolute atomic E-state index is 12.9. The summed E-state index contributed by atoms with van der Waals surface area (Å²) < 4.78 is 5.17. The maximum Gasteiger partial charge on any atom is 0.259 e. The molecule has 0 bridgehead atoms. The normalized spacial score (nSPS) is 19.0. The number of nitrogens with zero attached hydrogens (tertiary/aromatic N) is 3. The standard InChI is InChI=1S/C20H25N3O2/c1-14-19(15(2)25-21-14)20(24)23-9-5-8-22(10-11-23)18-12-16-6-3-4-7-17(16)13-18/h3-4,6-7,18H,5,8-13H2,1-2H3. The minimum Gasteiger partial charge on any atom is -0.361 e. The lowest BCUT2D eigenvalue weighted by Crippen LogP contribution is -2.40. The predicted octanol–water partition coefficient (Wildman–Crippen LogP) is 2.61. The highest BCUT2D eigenvalue weighted by atomic mass is 16.5. The highest BCUT2D eigenvalue weighted by molar-refractivity contribution is 5.96. The number of aryl methyl sites for hydroxylation is 2. The molecule has 0 radical (unpaired) electrons. The zero-order valence-corrected chi connectivity index (χ0v) is 15.0. The first-order chi connectivity index (χ1) is 12.1. The average molecular weight is 339 g/mol. The van der Waals surface area contributed by atoms with Gasteiger partial charge in [0.15, 0.2) is 0 Å². The largest absolute Gasteiger partial charge is 0.361 e. The molecule has 1 aromatic heterocycles. The van der Waals surface area contributed by atoms with E-state index in [-0.39, 0.29) is 5.91 Å². The highest BCUT2D eigenvalue weighted by Crippen LogP contribution is 2.26. The van der Waals surface area contributed by atoms with Crippen LogP contribution in [0.5, 0.6) is 0 Å². The molecule has 1 fully saturated rings. The molecule has 2 aromatic rings. The van der Waals surface area contributed by atoms with Crippen molar-refractivity contribution >= 4 is 5.91 Å². The SMILES string of the molecule is Cc1noc(C)c1C(=O)N1CCCN(C2Cc3ccccc3C2)CC1. The van der Waals surface area contributed by atoms with E-state index < -0.39 is 0 Å². The highest BCUT2D eigenvalue weighted by Gasteiger charge is 2.30. The maximum atomic E-state index is 12.9. The minimum atomic E-state index is 0.0628. The number of hydrogen-bond donors (Lipinski definition) is 0. The van der Waals surface area contributed by atoms with Crippen molar-refractivity contribution < 1.29 is 9.32 Å². The third-order valence-corrected chi connectivity index (χ3v) is 5.61. The second-order valence-electron chi connectivity index (χ2n) is 7.21. The molecule has 25 heavy (non-hydrogen) atoms. The van der Waals surface area contributed by atoms with Gasteiger partial charge in [0.1, 0.15) is 11.3 Å². The van der Waals surface area contributed by atoms with E-state index in [1.807, 2.05) is 18.7 Å². The minimum absolute atomic E-state index is 0.0628. The monoisotopic (exact) mass is 339 g/mol. The van der Waals surface area contributed by atoms with E-state index in [4.69, 9.17) is 4.52 Å². The Morgan fingerprint density at radius 1 is 1.08 bits per heavy atom. The zero-order valence-electron chi connectivity index (χ0n) is 15.0. The summed E-state index contributed by atoms with van der Waals surface area (Å²) in [5.41, 5.74) is 4.30. The number of fused-ring (bicyclic) bond motifs is 1. The first kappa shape index (κ1) is 16.3. The second kappa shape index (κ2) is 6.64. The first-order valence-electron chi connectivity index (χ1n) is 9.16. The number of aromatic nitrogens is 1. The van der Waals surface area contributed by atoms with Gasteiger partial charge < -0.3 is 9.42 Å². The molecule has 0 saturated carbocycles. The van der Waals surface area contributed by atoms with Crippen molar-refractivity contribution in [3.8, 4) is 0 Å². The van der Waals surface area contributed by atoms with Crippen LogP contribution in [0.2, 0.25) is 0 Å². The number of benzene rings is 1. The van der Waals surface area contributed by atoms with E-state index in [1.165, 1.54) is 11.1 Å². The van der Waals surface area contributed by atoms with E-state index >= 15 is 0 Å². The van der Waals surface area contributed by atoms with E-state index in [0.717, 1.165) is 45.4 Å². The Kier molecular flexibility index (Phi) is 4.34. The van der Waals surface area contributed by atoms with Gasteiger partial charge in [-0.2, -0.15) is 0 Å². The van der Waals surface area contributed by atoms with Gasteiger partial charge in [-0.25, -0.2) is 0 Å². The summed E-state index contributed by atoms with van der Waals surface area (Å²) in [5.74, 6) is 0.683. The molecule has 2 heterocycles. The van der Waals surface area contributed by atoms with Crippen LogP contribution in [0.1, 0.15) is 39.4 Å². The van der Waals surface area contributed by atoms with Crippen molar-refractivity contribution in [2.24, 2.45) is 0 Å². The molecular formula is C20H25N3O2. The van der Waals surface area contributed by atoms with Crippen molar-refractivity contribution in [2.75, 3.05) is 26.2 Å². The lowest BCUT2D eigenvalue weighted by Gasteiger charge is -2.27. The fraction of sp³-hybridized carbons (Fsp3) is 0.500. The third-order valence-electron chi connectivity index (χ3n) is 5.61. The number of carbonyl (C=O) groups excluding carboxylic acids is 1. The van der Waals surface area contributed by atoms with Crippen molar-refractivity contribution in [1.82, 2.24) is 15.0 Å². The molecule has 5 heteroatoms. The molecule has 0 N–H and O–H groups in total. The van der Waals surface area contributed by atoms with Gasteiger partial charge in [0.05, 0.1) is 5.69 Å². The van der Waals surface area contributed by atoms with Crippen LogP contribution in [0.25, 0.3) is 0 Å². The number of amides is 1. The molecule has 1 amide bonds. The Hall–Kier alpha value is -2.14. The molecule has 0 unspecified atom stereocenters. The predicted molar refractivity (Wildman–Crippen MR) is 95.7 cm³/mol. The molecule has 5 nitrogen and oxygen atoms in total. The molecular weight excluding hydrogens is 314 g/mol. The molecule has 132 valence electrons. The Bertz CT molecular complexity index is 738. The molecule has 1 aliphatic heterocycles. The van der Waals surface area contributed by atoms with Gasteiger partial charge in [-0.05, 0) is 44.2 Å². The van der Waals surface area contributed by atoms with Gasteiger partial charge in [0, 0.05) is 32.2 Å². The van der Waals surface area contributed by atoms with Gasteiger partial charge >= 0.3 is 0 Å². The molecule has 2 aliphatic rings. The van der Waals surface area contributed by atoms with Crippen molar-refractivity contribution in [3.05, 3.63) is 52.4 Å². The van der Waals surface area contributed by atoms with Gasteiger partial charge in [-0.1, -0.05) is 29.4 Å². The summed E-state index contributed by atoms with van der Waals surface area (Å²) in [5, 5.41) is 3.92. The Morgan fingerprint density at radius 2 is 1.80 bits per heavy atom. The average Bonchev–Trinajstić information content (AvgIpc) is 3.08. The summed E-state index contributed by atoms with van der Waals surface area (Å²) in [7, 11) is 0. The van der Waals surface area contributed by atoms with Crippen molar-refractivity contribution in [3.63, 3.8) is 0 Å². The number of rotatable bonds is 2. The summed E-state index contributed by atoms with van der Waals surface area (Å²) in [4.78, 5) is 17.4. The van der Waals surface area contributed by atoms with E-state index in [2.05, 4.69) is 34.3 Å². The first-order valence-corrected chi connectivity index (χ1v) is 9.16. The van der Waals surface area contributed by atoms with Crippen LogP contribution in [0.15, 0.2) is 28.8 Å². The fourth-order valence-electron chi connectivity index (χ4n) is 4.25. The van der Waals surface area contributed by atoms with Gasteiger partial charge in [-0.15, -0.1) is 0 Å². The quantitative estimate of drug-likeness (QED) is 0.844. The lowest BCUT2D eigenvalue weighted by atomic mass is 10.1. The molecule has 0 spiro atoms. The Morgan fingerprint density at radius 3 is 2.44 bits per heavy atom. The van der Waals surface area contributed by atoms with E-state index in [0.29, 0.717) is 23.1 Å². The van der Waals surface area contributed by atoms with E-state index in [9.17, 15) is 4.79 Å². The summed E-state index contributed by atoms with van der Waals surface area (Å²) in [6.07, 6.45) is 3.28. The molecule has 1 saturated heterocycles. The van der Waals surface area contributed by atoms with Crippen molar-refractivity contribution in [2.45, 2.75) is 39.2 Å². The van der Waals surface area contributed by atoms with E-state index in [1.54, 1.807) is 0 Å².